The Balaban J connectivity index is 1.41. The molecule has 1 aromatic heterocycles. The molecule has 0 spiro atoms. The molecule has 0 bridgehead atoms. The van der Waals surface area contributed by atoms with E-state index < -0.39 is 67.7 Å². The van der Waals surface area contributed by atoms with E-state index in [-0.39, 0.29) is 25.0 Å². The molecule has 1 amide bonds. The molecule has 3 unspecified atom stereocenters. The Morgan fingerprint density at radius 3 is 2.41 bits per heavy atom. The van der Waals surface area contributed by atoms with E-state index in [0.717, 1.165) is 31.7 Å². The van der Waals surface area contributed by atoms with Gasteiger partial charge in [0.1, 0.15) is 29.8 Å². The quantitative estimate of drug-likeness (QED) is 0.0445. The summed E-state index contributed by atoms with van der Waals surface area (Å²) >= 11 is 3.63. The summed E-state index contributed by atoms with van der Waals surface area (Å²) in [5.74, 6) is -3.85. The lowest BCUT2D eigenvalue weighted by Gasteiger charge is -2.44. The van der Waals surface area contributed by atoms with Crippen molar-refractivity contribution in [2.45, 2.75) is 104 Å². The van der Waals surface area contributed by atoms with Crippen LogP contribution in [-0.4, -0.2) is 94.2 Å². The van der Waals surface area contributed by atoms with Crippen molar-refractivity contribution in [3.63, 3.8) is 0 Å². The van der Waals surface area contributed by atoms with Crippen molar-refractivity contribution >= 4 is 36.6 Å². The number of nitrogens with zero attached hydrogens (tertiary/aromatic N) is 4. The average Bonchev–Trinajstić information content (AvgIpc) is 3.64. The van der Waals surface area contributed by atoms with E-state index in [1.807, 2.05) is 38.1 Å². The zero-order valence-corrected chi connectivity index (χ0v) is 33.7. The summed E-state index contributed by atoms with van der Waals surface area (Å²) in [6, 6.07) is 15.5. The van der Waals surface area contributed by atoms with Crippen molar-refractivity contribution in [1.82, 2.24) is 24.8 Å². The van der Waals surface area contributed by atoms with Gasteiger partial charge < -0.3 is 33.4 Å². The molecular weight excluding hydrogens is 788 g/mol. The Labute approximate surface area is 340 Å². The first kappa shape index (κ1) is 46.0. The van der Waals surface area contributed by atoms with Crippen molar-refractivity contribution in [3.05, 3.63) is 66.4 Å². The van der Waals surface area contributed by atoms with Crippen molar-refractivity contribution in [3.8, 4) is 17.0 Å². The van der Waals surface area contributed by atoms with Crippen molar-refractivity contribution in [2.75, 3.05) is 19.8 Å². The molecule has 1 aliphatic rings. The molecular formula is C39H50F3N5O10S. The van der Waals surface area contributed by atoms with Crippen LogP contribution in [0, 0.1) is 11.8 Å². The third-order valence-electron chi connectivity index (χ3n) is 9.44. The Kier molecular flexibility index (Phi) is 17.8. The minimum atomic E-state index is -5.17. The Morgan fingerprint density at radius 2 is 1.72 bits per heavy atom. The van der Waals surface area contributed by atoms with Gasteiger partial charge in [-0.05, 0) is 30.5 Å². The minimum Gasteiger partial charge on any atom is -0.494 e. The number of amides is 1. The van der Waals surface area contributed by atoms with Gasteiger partial charge in [0.15, 0.2) is 6.29 Å². The Bertz CT molecular complexity index is 1790. The normalized spacial score (nSPS) is 19.8. The van der Waals surface area contributed by atoms with Gasteiger partial charge in [-0.25, -0.2) is 4.68 Å². The number of halogens is 3. The number of nitrogens with one attached hydrogen (secondary N) is 1. The molecule has 19 heteroatoms. The van der Waals surface area contributed by atoms with Crippen LogP contribution in [0.15, 0.2) is 60.8 Å². The highest BCUT2D eigenvalue weighted by Crippen LogP contribution is 2.35. The number of aromatic nitrogens is 3. The van der Waals surface area contributed by atoms with Gasteiger partial charge in [0.05, 0.1) is 32.5 Å². The molecule has 4 rings (SSSR count). The minimum absolute atomic E-state index is 0.0826. The van der Waals surface area contributed by atoms with E-state index in [1.165, 1.54) is 11.6 Å². The van der Waals surface area contributed by atoms with Gasteiger partial charge in [-0.15, -0.1) is 5.10 Å². The first-order valence-corrected chi connectivity index (χ1v) is 19.3. The third-order valence-corrected chi connectivity index (χ3v) is 9.53. The standard InChI is InChI=1S/C39H50F3N5O10S/c1-25-26(2)37(53-24-32(54-27(3)48)21-46(38(51)39(40,41)42)20-29-13-8-7-9-14-29)56-34(36(25)55-28(4)49)23-47-22-33(43-44-47)30-15-12-16-31(19-30)52-18-11-6-5-10-17-35(50)57-45-58/h7-9,12-16,19,22,25-26,32,34,36-37,45,58H,5-6,10-11,17-18,20-21,23-24H2,1-4H3/t25-,26?,32?,34?,36-,37+/m1/s1. The summed E-state index contributed by atoms with van der Waals surface area (Å²) in [5, 5.41) is 8.59. The lowest BCUT2D eigenvalue weighted by molar-refractivity contribution is -0.274. The van der Waals surface area contributed by atoms with Crippen molar-refractivity contribution in [2.24, 2.45) is 11.8 Å². The molecule has 6 atom stereocenters. The van der Waals surface area contributed by atoms with E-state index in [2.05, 4.69) is 32.8 Å². The Morgan fingerprint density at radius 1 is 0.983 bits per heavy atom. The number of carbonyl (C=O) groups excluding carboxylic acids is 4. The molecule has 1 aliphatic heterocycles. The molecule has 2 heterocycles. The van der Waals surface area contributed by atoms with E-state index >= 15 is 0 Å². The molecule has 0 saturated carbocycles. The number of esters is 2. The highest BCUT2D eigenvalue weighted by molar-refractivity contribution is 7.77. The maximum absolute atomic E-state index is 13.7. The molecule has 1 fully saturated rings. The number of hydrogen-bond donors (Lipinski definition) is 2. The van der Waals surface area contributed by atoms with Gasteiger partial charge >= 0.3 is 30.0 Å². The van der Waals surface area contributed by atoms with Crippen LogP contribution < -0.4 is 9.62 Å². The van der Waals surface area contributed by atoms with Crippen LogP contribution in [0.2, 0.25) is 0 Å². The van der Waals surface area contributed by atoms with Crippen LogP contribution in [0.25, 0.3) is 11.3 Å². The number of rotatable bonds is 21. The SMILES string of the molecule is CC(=O)OC(CO[C@H]1OC(Cn2cc(-c3cccc(OCCCCCCC(=O)ONS)c3)nn2)[C@H](OC(C)=O)[C@H](C)C1C)CN(Cc1ccccc1)C(=O)C(F)(F)F. The molecule has 2 aromatic carbocycles. The van der Waals surface area contributed by atoms with E-state index in [9.17, 15) is 32.3 Å². The first-order chi connectivity index (χ1) is 27.6. The number of thiol groups is 1. The number of alkyl halides is 3. The predicted octanol–water partition coefficient (Wildman–Crippen LogP) is 5.64. The number of carbonyl (C=O) groups is 4. The van der Waals surface area contributed by atoms with Crippen LogP contribution in [0.3, 0.4) is 0 Å². The molecule has 1 saturated heterocycles. The third kappa shape index (κ3) is 14.6. The van der Waals surface area contributed by atoms with Crippen LogP contribution >= 0.6 is 12.8 Å². The van der Waals surface area contributed by atoms with Gasteiger partial charge in [0.25, 0.3) is 0 Å². The van der Waals surface area contributed by atoms with Gasteiger partial charge in [-0.3, -0.25) is 19.2 Å². The number of hydrogen-bond acceptors (Lipinski definition) is 14. The van der Waals surface area contributed by atoms with Crippen molar-refractivity contribution in [1.29, 1.82) is 0 Å². The highest BCUT2D eigenvalue weighted by atomic mass is 32.1. The highest BCUT2D eigenvalue weighted by Gasteiger charge is 2.46. The summed E-state index contributed by atoms with van der Waals surface area (Å²) in [4.78, 5) is 55.3. The van der Waals surface area contributed by atoms with E-state index in [0.29, 0.717) is 41.4 Å². The van der Waals surface area contributed by atoms with Gasteiger partial charge in [-0.1, -0.05) is 92.1 Å². The van der Waals surface area contributed by atoms with E-state index in [1.54, 1.807) is 36.5 Å². The summed E-state index contributed by atoms with van der Waals surface area (Å²) in [7, 11) is 0. The molecule has 318 valence electrons. The molecule has 0 aliphatic carbocycles. The molecule has 0 radical (unpaired) electrons. The molecule has 58 heavy (non-hydrogen) atoms. The van der Waals surface area contributed by atoms with Crippen LogP contribution in [0.5, 0.6) is 5.75 Å². The fourth-order valence-corrected chi connectivity index (χ4v) is 6.55. The second kappa shape index (κ2) is 22.4. The maximum atomic E-state index is 13.7. The number of benzene rings is 2. The summed E-state index contributed by atoms with van der Waals surface area (Å²) in [6.45, 7) is 5.23. The summed E-state index contributed by atoms with van der Waals surface area (Å²) in [6.07, 6.45) is -3.75. The number of unbranched alkanes of at least 4 members (excludes halogenated alkanes) is 3. The maximum Gasteiger partial charge on any atom is 0.471 e. The summed E-state index contributed by atoms with van der Waals surface area (Å²) in [5.41, 5.74) is 1.73. The monoisotopic (exact) mass is 837 g/mol. The predicted molar refractivity (Wildman–Crippen MR) is 204 cm³/mol. The smallest absolute Gasteiger partial charge is 0.471 e. The zero-order chi connectivity index (χ0) is 42.2. The van der Waals surface area contributed by atoms with E-state index in [4.69, 9.17) is 23.7 Å². The van der Waals surface area contributed by atoms with Gasteiger partial charge in [-0.2, -0.15) is 13.2 Å². The van der Waals surface area contributed by atoms with Crippen LogP contribution in [-0.2, 0) is 56.1 Å². The first-order valence-electron chi connectivity index (χ1n) is 18.9. The lowest BCUT2D eigenvalue weighted by Crippen LogP contribution is -2.54. The van der Waals surface area contributed by atoms with Crippen LogP contribution in [0.1, 0.15) is 65.4 Å². The average molecular weight is 838 g/mol. The fraction of sp³-hybridized carbons (Fsp3) is 0.538. The molecule has 15 nitrogen and oxygen atoms in total. The number of ether oxygens (including phenoxy) is 5. The lowest BCUT2D eigenvalue weighted by atomic mass is 9.84. The molecule has 1 N–H and O–H groups in total. The second-order valence-electron chi connectivity index (χ2n) is 14.0. The topological polar surface area (TPSA) is 170 Å². The van der Waals surface area contributed by atoms with Crippen LogP contribution in [0.4, 0.5) is 13.2 Å². The summed E-state index contributed by atoms with van der Waals surface area (Å²) < 4.78 is 71.9. The largest absolute Gasteiger partial charge is 0.494 e. The fourth-order valence-electron chi connectivity index (χ4n) is 6.45. The van der Waals surface area contributed by atoms with Gasteiger partial charge in [0.2, 0.25) is 0 Å². The molecule has 3 aromatic rings. The Hall–Kier alpha value is -4.72. The van der Waals surface area contributed by atoms with Gasteiger partial charge in [0, 0.05) is 44.2 Å². The van der Waals surface area contributed by atoms with Crippen molar-refractivity contribution < 1.29 is 60.9 Å². The second-order valence-corrected chi connectivity index (χ2v) is 14.2. The zero-order valence-electron chi connectivity index (χ0n) is 32.8.